The fraction of sp³-hybridized carbons (Fsp3) is 0. The molecular weight excluding hydrogens is 633 g/mol. The van der Waals surface area contributed by atoms with Crippen molar-refractivity contribution in [1.29, 1.82) is 0 Å². The van der Waals surface area contributed by atoms with Gasteiger partial charge in [0.1, 0.15) is 5.52 Å². The molecule has 244 valence electrons. The van der Waals surface area contributed by atoms with Crippen LogP contribution in [0.15, 0.2) is 199 Å². The van der Waals surface area contributed by atoms with Gasteiger partial charge in [-0.05, 0) is 92.8 Å². The molecular formula is C49H32N2O. The lowest BCUT2D eigenvalue weighted by atomic mass is 9.93. The highest BCUT2D eigenvalue weighted by Crippen LogP contribution is 2.45. The molecule has 9 aromatic carbocycles. The number of fused-ring (bicyclic) bond motifs is 6. The lowest BCUT2D eigenvalue weighted by Crippen LogP contribution is -2.11. The molecule has 0 unspecified atom stereocenters. The molecule has 0 aliphatic heterocycles. The third kappa shape index (κ3) is 5.02. The van der Waals surface area contributed by atoms with Gasteiger partial charge in [-0.1, -0.05) is 140 Å². The molecule has 0 atom stereocenters. The molecule has 52 heavy (non-hydrogen) atoms. The molecule has 0 fully saturated rings. The predicted octanol–water partition coefficient (Wildman–Crippen LogP) is 13.8. The second kappa shape index (κ2) is 12.4. The Morgan fingerprint density at radius 1 is 0.385 bits per heavy atom. The lowest BCUT2D eigenvalue weighted by molar-refractivity contribution is 0.623. The van der Waals surface area contributed by atoms with Crippen molar-refractivity contribution in [3.05, 3.63) is 194 Å². The largest absolute Gasteiger partial charge is 0.435 e. The summed E-state index contributed by atoms with van der Waals surface area (Å²) in [5, 5.41) is 7.13. The van der Waals surface area contributed by atoms with Crippen molar-refractivity contribution in [2.45, 2.75) is 0 Å². The van der Waals surface area contributed by atoms with Gasteiger partial charge in [-0.3, -0.25) is 0 Å². The van der Waals surface area contributed by atoms with Crippen LogP contribution < -0.4 is 4.90 Å². The van der Waals surface area contributed by atoms with Crippen molar-refractivity contribution in [1.82, 2.24) is 4.98 Å². The number of aromatic nitrogens is 1. The van der Waals surface area contributed by atoms with Gasteiger partial charge in [-0.15, -0.1) is 0 Å². The Balaban J connectivity index is 1.17. The van der Waals surface area contributed by atoms with E-state index in [1.54, 1.807) is 0 Å². The Labute approximate surface area is 301 Å². The summed E-state index contributed by atoms with van der Waals surface area (Å²) in [4.78, 5) is 7.26. The quantitative estimate of drug-likeness (QED) is 0.166. The minimum absolute atomic E-state index is 0.622. The maximum absolute atomic E-state index is 6.51. The van der Waals surface area contributed by atoms with Crippen LogP contribution in [0.1, 0.15) is 0 Å². The number of hydrogen-bond acceptors (Lipinski definition) is 3. The van der Waals surface area contributed by atoms with Gasteiger partial charge in [0.2, 0.25) is 5.89 Å². The molecule has 0 aliphatic carbocycles. The van der Waals surface area contributed by atoms with Crippen molar-refractivity contribution in [2.75, 3.05) is 4.90 Å². The van der Waals surface area contributed by atoms with E-state index >= 15 is 0 Å². The first kappa shape index (κ1) is 29.9. The average Bonchev–Trinajstić information content (AvgIpc) is 3.67. The smallest absolute Gasteiger partial charge is 0.227 e. The molecule has 10 aromatic rings. The molecule has 0 saturated heterocycles. The standard InChI is InChI=1S/C49H32N2O/c1-3-14-33(15-4-1)39-20-11-12-24-46(39)51(47-25-13-23-43-42(47)30-31-45-48(43)52-49(50-45)35-16-5-2-6-17-35)37-28-26-34(27-29-37)44-32-36-18-7-8-19-38(36)40-21-9-10-22-41(40)44/h1-32H. The summed E-state index contributed by atoms with van der Waals surface area (Å²) in [5.74, 6) is 0.622. The molecule has 0 N–H and O–H groups in total. The SMILES string of the molecule is c1ccc(-c2nc3ccc4c(N(c5ccc(-c6cc7ccccc7c7ccccc67)cc5)c5ccccc5-c5ccccc5)cccc4c3o2)cc1. The average molecular weight is 665 g/mol. The van der Waals surface area contributed by atoms with Gasteiger partial charge in [-0.2, -0.15) is 0 Å². The third-order valence-electron chi connectivity index (χ3n) is 10.1. The van der Waals surface area contributed by atoms with E-state index in [1.165, 1.54) is 32.7 Å². The summed E-state index contributed by atoms with van der Waals surface area (Å²) in [6.07, 6.45) is 0. The maximum Gasteiger partial charge on any atom is 0.227 e. The van der Waals surface area contributed by atoms with E-state index in [2.05, 4.69) is 169 Å². The summed E-state index contributed by atoms with van der Waals surface area (Å²) >= 11 is 0. The summed E-state index contributed by atoms with van der Waals surface area (Å²) < 4.78 is 6.51. The molecule has 0 bridgehead atoms. The van der Waals surface area contributed by atoms with Gasteiger partial charge in [-0.25, -0.2) is 4.98 Å². The molecule has 1 aromatic heterocycles. The molecule has 1 heterocycles. The Morgan fingerprint density at radius 3 is 1.81 bits per heavy atom. The van der Waals surface area contributed by atoms with Crippen molar-refractivity contribution in [3.63, 3.8) is 0 Å². The predicted molar refractivity (Wildman–Crippen MR) is 218 cm³/mol. The van der Waals surface area contributed by atoms with Crippen LogP contribution in [0.25, 0.3) is 77.1 Å². The van der Waals surface area contributed by atoms with E-state index < -0.39 is 0 Å². The first-order valence-electron chi connectivity index (χ1n) is 17.6. The number of rotatable bonds is 6. The van der Waals surface area contributed by atoms with E-state index in [1.807, 2.05) is 30.3 Å². The number of anilines is 3. The molecule has 0 amide bonds. The van der Waals surface area contributed by atoms with Crippen molar-refractivity contribution in [3.8, 4) is 33.7 Å². The first-order chi connectivity index (χ1) is 25.8. The lowest BCUT2D eigenvalue weighted by Gasteiger charge is -2.29. The molecule has 0 aliphatic rings. The zero-order chi connectivity index (χ0) is 34.4. The number of hydrogen-bond donors (Lipinski definition) is 0. The van der Waals surface area contributed by atoms with E-state index in [0.29, 0.717) is 5.89 Å². The van der Waals surface area contributed by atoms with Crippen LogP contribution in [-0.4, -0.2) is 4.98 Å². The van der Waals surface area contributed by atoms with Crippen LogP contribution in [0.5, 0.6) is 0 Å². The second-order valence-electron chi connectivity index (χ2n) is 13.1. The molecule has 3 nitrogen and oxygen atoms in total. The zero-order valence-corrected chi connectivity index (χ0v) is 28.3. The highest BCUT2D eigenvalue weighted by Gasteiger charge is 2.21. The van der Waals surface area contributed by atoms with E-state index in [-0.39, 0.29) is 0 Å². The minimum Gasteiger partial charge on any atom is -0.435 e. The van der Waals surface area contributed by atoms with E-state index in [0.717, 1.165) is 55.6 Å². The van der Waals surface area contributed by atoms with Crippen LogP contribution in [0.3, 0.4) is 0 Å². The van der Waals surface area contributed by atoms with E-state index in [4.69, 9.17) is 9.40 Å². The Kier molecular flexibility index (Phi) is 7.14. The highest BCUT2D eigenvalue weighted by molar-refractivity contribution is 6.14. The first-order valence-corrected chi connectivity index (χ1v) is 17.6. The van der Waals surface area contributed by atoms with Crippen molar-refractivity contribution < 1.29 is 4.42 Å². The minimum atomic E-state index is 0.622. The van der Waals surface area contributed by atoms with Crippen molar-refractivity contribution >= 4 is 60.5 Å². The molecule has 0 radical (unpaired) electrons. The topological polar surface area (TPSA) is 29.3 Å². The summed E-state index contributed by atoms with van der Waals surface area (Å²) in [5.41, 5.74) is 10.5. The Hall–Kier alpha value is -6.97. The van der Waals surface area contributed by atoms with Crippen molar-refractivity contribution in [2.24, 2.45) is 0 Å². The van der Waals surface area contributed by atoms with Gasteiger partial charge in [0, 0.05) is 27.6 Å². The van der Waals surface area contributed by atoms with Gasteiger partial charge in [0.05, 0.1) is 11.4 Å². The normalized spacial score (nSPS) is 11.5. The van der Waals surface area contributed by atoms with Gasteiger partial charge in [0.25, 0.3) is 0 Å². The number of benzene rings is 9. The van der Waals surface area contributed by atoms with Crippen LogP contribution in [-0.2, 0) is 0 Å². The molecule has 10 rings (SSSR count). The van der Waals surface area contributed by atoms with E-state index in [9.17, 15) is 0 Å². The number of oxazole rings is 1. The summed E-state index contributed by atoms with van der Waals surface area (Å²) in [6.45, 7) is 0. The molecule has 3 heteroatoms. The van der Waals surface area contributed by atoms with Crippen LogP contribution in [0, 0.1) is 0 Å². The van der Waals surface area contributed by atoms with Crippen LogP contribution in [0.4, 0.5) is 17.1 Å². The maximum atomic E-state index is 6.51. The molecule has 0 saturated carbocycles. The highest BCUT2D eigenvalue weighted by atomic mass is 16.3. The molecule has 0 spiro atoms. The fourth-order valence-electron chi connectivity index (χ4n) is 7.65. The van der Waals surface area contributed by atoms with Gasteiger partial charge < -0.3 is 9.32 Å². The summed E-state index contributed by atoms with van der Waals surface area (Å²) in [6, 6.07) is 68.8. The summed E-state index contributed by atoms with van der Waals surface area (Å²) in [7, 11) is 0. The van der Waals surface area contributed by atoms with Gasteiger partial charge >= 0.3 is 0 Å². The van der Waals surface area contributed by atoms with Crippen LogP contribution in [0.2, 0.25) is 0 Å². The monoisotopic (exact) mass is 664 g/mol. The van der Waals surface area contributed by atoms with Gasteiger partial charge in [0.15, 0.2) is 5.58 Å². The Morgan fingerprint density at radius 2 is 1.00 bits per heavy atom. The second-order valence-corrected chi connectivity index (χ2v) is 13.1. The number of para-hydroxylation sites is 1. The number of nitrogens with zero attached hydrogens (tertiary/aromatic N) is 2. The zero-order valence-electron chi connectivity index (χ0n) is 28.3. The fourth-order valence-corrected chi connectivity index (χ4v) is 7.65. The third-order valence-corrected chi connectivity index (χ3v) is 10.1. The Bertz CT molecular complexity index is 2890. The van der Waals surface area contributed by atoms with Crippen LogP contribution >= 0.6 is 0 Å².